The summed E-state index contributed by atoms with van der Waals surface area (Å²) in [5.74, 6) is 2.82. The summed E-state index contributed by atoms with van der Waals surface area (Å²) in [5, 5.41) is 6.59. The van der Waals surface area contributed by atoms with Crippen LogP contribution in [0.25, 0.3) is 0 Å². The van der Waals surface area contributed by atoms with Crippen LogP contribution in [0.2, 0.25) is 0 Å². The van der Waals surface area contributed by atoms with Gasteiger partial charge in [0.25, 0.3) is 0 Å². The molecular weight excluding hydrogens is 496 g/mol. The predicted octanol–water partition coefficient (Wildman–Crippen LogP) is 10.0. The molecular formula is C35H84N2O3. The second-order valence-corrected chi connectivity index (χ2v) is 11.4. The van der Waals surface area contributed by atoms with E-state index in [2.05, 4.69) is 52.2 Å². The number of hydrogen-bond donors (Lipinski definition) is 2. The Morgan fingerprint density at radius 2 is 1.07 bits per heavy atom. The molecule has 5 saturated heterocycles. The largest absolute Gasteiger partial charge is 0.381 e. The summed E-state index contributed by atoms with van der Waals surface area (Å²) in [6.45, 7) is 20.9. The minimum atomic E-state index is 0. The SMILES string of the molecule is C.C.C.C.C.C.CC1CCC1.C[C@@H]1CCCN1.C[C@@H]1CCCO1.C[C@@H]1CCNC1.C[C@@H]1CCO1.C[C@@H]1CCOC1. The van der Waals surface area contributed by atoms with Crippen LogP contribution in [0, 0.1) is 17.8 Å². The van der Waals surface area contributed by atoms with Gasteiger partial charge >= 0.3 is 0 Å². The van der Waals surface area contributed by atoms with E-state index in [1.165, 1.54) is 83.8 Å². The van der Waals surface area contributed by atoms with Gasteiger partial charge in [0.05, 0.1) is 12.2 Å². The molecule has 5 heteroatoms. The van der Waals surface area contributed by atoms with Crippen molar-refractivity contribution in [2.24, 2.45) is 17.8 Å². The first-order valence-electron chi connectivity index (χ1n) is 14.6. The second kappa shape index (κ2) is 35.0. The lowest BCUT2D eigenvalue weighted by Crippen LogP contribution is -2.22. The third kappa shape index (κ3) is 32.3. The Bertz CT molecular complexity index is 352. The monoisotopic (exact) mass is 581 g/mol. The van der Waals surface area contributed by atoms with E-state index in [0.717, 1.165) is 50.2 Å². The maximum atomic E-state index is 5.15. The molecule has 0 aromatic rings. The zero-order valence-corrected chi connectivity index (χ0v) is 23.7. The normalized spacial score (nSPS) is 28.5. The van der Waals surface area contributed by atoms with Gasteiger partial charge in [0.2, 0.25) is 0 Å². The van der Waals surface area contributed by atoms with Crippen LogP contribution in [0.5, 0.6) is 0 Å². The molecule has 0 aromatic heterocycles. The van der Waals surface area contributed by atoms with Crippen molar-refractivity contribution in [3.63, 3.8) is 0 Å². The Hall–Kier alpha value is -0.200. The van der Waals surface area contributed by atoms with Crippen LogP contribution >= 0.6 is 0 Å². The van der Waals surface area contributed by atoms with Gasteiger partial charge in [0, 0.05) is 32.5 Å². The van der Waals surface area contributed by atoms with Crippen LogP contribution in [-0.2, 0) is 14.2 Å². The topological polar surface area (TPSA) is 51.8 Å². The third-order valence-corrected chi connectivity index (χ3v) is 7.25. The molecule has 6 aliphatic rings. The van der Waals surface area contributed by atoms with Crippen molar-refractivity contribution in [3.8, 4) is 0 Å². The molecule has 40 heavy (non-hydrogen) atoms. The summed E-state index contributed by atoms with van der Waals surface area (Å²) in [6.07, 6.45) is 14.8. The molecule has 6 fully saturated rings. The summed E-state index contributed by atoms with van der Waals surface area (Å²) in [4.78, 5) is 0. The van der Waals surface area contributed by atoms with Gasteiger partial charge in [0.15, 0.2) is 0 Å². The molecule has 0 spiro atoms. The van der Waals surface area contributed by atoms with Crippen LogP contribution in [0.4, 0.5) is 0 Å². The number of nitrogens with one attached hydrogen (secondary N) is 2. The van der Waals surface area contributed by atoms with Gasteiger partial charge in [-0.2, -0.15) is 0 Å². The van der Waals surface area contributed by atoms with Gasteiger partial charge < -0.3 is 24.8 Å². The molecule has 0 aromatic carbocycles. The fourth-order valence-corrected chi connectivity index (χ4v) is 4.01. The van der Waals surface area contributed by atoms with Gasteiger partial charge in [-0.05, 0) is 103 Å². The molecule has 252 valence electrons. The van der Waals surface area contributed by atoms with Crippen LogP contribution < -0.4 is 10.6 Å². The number of rotatable bonds is 0. The Labute approximate surface area is 257 Å². The van der Waals surface area contributed by atoms with Gasteiger partial charge in [-0.3, -0.25) is 0 Å². The van der Waals surface area contributed by atoms with Crippen LogP contribution in [0.15, 0.2) is 0 Å². The van der Waals surface area contributed by atoms with Crippen molar-refractivity contribution in [2.75, 3.05) is 46.1 Å². The highest BCUT2D eigenvalue weighted by atomic mass is 16.5. The fourth-order valence-electron chi connectivity index (χ4n) is 4.01. The van der Waals surface area contributed by atoms with Crippen molar-refractivity contribution in [2.45, 2.75) is 169 Å². The predicted molar refractivity (Wildman–Crippen MR) is 186 cm³/mol. The van der Waals surface area contributed by atoms with E-state index in [0.29, 0.717) is 12.2 Å². The van der Waals surface area contributed by atoms with Crippen LogP contribution in [-0.4, -0.2) is 64.3 Å². The number of hydrogen-bond acceptors (Lipinski definition) is 5. The Kier molecular flexibility index (Phi) is 45.9. The first kappa shape index (κ1) is 52.4. The smallest absolute Gasteiger partial charge is 0.0568 e. The molecule has 5 atom stereocenters. The molecule has 1 aliphatic carbocycles. The average molecular weight is 581 g/mol. The molecule has 0 bridgehead atoms. The molecule has 0 radical (unpaired) electrons. The quantitative estimate of drug-likeness (QED) is 0.298. The van der Waals surface area contributed by atoms with E-state index in [4.69, 9.17) is 14.2 Å². The highest BCUT2D eigenvalue weighted by molar-refractivity contribution is 4.67. The zero-order chi connectivity index (χ0) is 25.0. The molecule has 5 nitrogen and oxygen atoms in total. The average Bonchev–Trinajstić information content (AvgIpc) is 3.59. The van der Waals surface area contributed by atoms with Crippen molar-refractivity contribution in [1.82, 2.24) is 10.6 Å². The van der Waals surface area contributed by atoms with Crippen LogP contribution in [0.3, 0.4) is 0 Å². The van der Waals surface area contributed by atoms with Crippen molar-refractivity contribution < 1.29 is 14.2 Å². The second-order valence-electron chi connectivity index (χ2n) is 11.4. The Balaban J connectivity index is -0.0000000843. The molecule has 5 aliphatic heterocycles. The van der Waals surface area contributed by atoms with Crippen molar-refractivity contribution in [1.29, 1.82) is 0 Å². The summed E-state index contributed by atoms with van der Waals surface area (Å²) in [6, 6.07) is 0.796. The maximum absolute atomic E-state index is 5.15. The summed E-state index contributed by atoms with van der Waals surface area (Å²) in [5.41, 5.74) is 0. The Morgan fingerprint density at radius 3 is 1.18 bits per heavy atom. The van der Waals surface area contributed by atoms with Gasteiger partial charge in [-0.25, -0.2) is 0 Å². The maximum Gasteiger partial charge on any atom is 0.0568 e. The molecule has 0 unspecified atom stereocenters. The standard InChI is InChI=1S/2C5H11N.2C5H10O.C5H10.C4H8O.6CH4/c1-5-2-3-6-4-5;1-5-3-2-4-6-5;1-5-2-3-6-4-5;1-5-3-2-4-6-5;1-5-3-2-4-5;1-4-2-3-5-4;;;;;;/h2*5-6H,2-4H2,1H3;2*5H,2-4H2,1H3;5H,2-4H2,1H3;4H,2-3H2,1H3;6*1H4/t4*5-;;4-;;;;;;/m1111.1....../s1. The van der Waals surface area contributed by atoms with E-state index in [-0.39, 0.29) is 44.6 Å². The molecule has 0 amide bonds. The first-order chi connectivity index (χ1) is 16.4. The molecule has 6 rings (SSSR count). The highest BCUT2D eigenvalue weighted by Crippen LogP contribution is 2.24. The zero-order valence-electron chi connectivity index (χ0n) is 23.7. The van der Waals surface area contributed by atoms with Gasteiger partial charge in [0.1, 0.15) is 0 Å². The minimum Gasteiger partial charge on any atom is -0.381 e. The van der Waals surface area contributed by atoms with Gasteiger partial charge in [-0.1, -0.05) is 84.6 Å². The van der Waals surface area contributed by atoms with Gasteiger partial charge in [-0.15, -0.1) is 0 Å². The van der Waals surface area contributed by atoms with Crippen molar-refractivity contribution in [3.05, 3.63) is 0 Å². The minimum absolute atomic E-state index is 0. The lowest BCUT2D eigenvalue weighted by Gasteiger charge is -2.20. The summed E-state index contributed by atoms with van der Waals surface area (Å²) in [7, 11) is 0. The Morgan fingerprint density at radius 1 is 0.500 bits per heavy atom. The number of ether oxygens (including phenoxy) is 3. The highest BCUT2D eigenvalue weighted by Gasteiger charge is 2.10. The van der Waals surface area contributed by atoms with E-state index < -0.39 is 0 Å². The fraction of sp³-hybridized carbons (Fsp3) is 1.00. The van der Waals surface area contributed by atoms with E-state index in [1.807, 2.05) is 0 Å². The summed E-state index contributed by atoms with van der Waals surface area (Å²) >= 11 is 0. The van der Waals surface area contributed by atoms with Crippen molar-refractivity contribution >= 4 is 0 Å². The summed E-state index contributed by atoms with van der Waals surface area (Å²) < 4.78 is 15.1. The molecule has 1 saturated carbocycles. The lowest BCUT2D eigenvalue weighted by molar-refractivity contribution is -0.0375. The van der Waals surface area contributed by atoms with Crippen LogP contribution in [0.1, 0.15) is 150 Å². The van der Waals surface area contributed by atoms with E-state index >= 15 is 0 Å². The van der Waals surface area contributed by atoms with E-state index in [1.54, 1.807) is 0 Å². The first-order valence-corrected chi connectivity index (χ1v) is 14.6. The lowest BCUT2D eigenvalue weighted by atomic mass is 9.88. The molecule has 5 heterocycles. The van der Waals surface area contributed by atoms with E-state index in [9.17, 15) is 0 Å². The molecule has 2 N–H and O–H groups in total. The third-order valence-electron chi connectivity index (χ3n) is 7.25.